The third kappa shape index (κ3) is 4.23. The number of amidine groups is 1. The van der Waals surface area contributed by atoms with Gasteiger partial charge in [-0.2, -0.15) is 8.42 Å². The summed E-state index contributed by atoms with van der Waals surface area (Å²) in [6, 6.07) is 14.7. The Morgan fingerprint density at radius 1 is 1.09 bits per heavy atom. The molecule has 2 aromatic rings. The van der Waals surface area contributed by atoms with Gasteiger partial charge in [-0.05, 0) is 54.6 Å². The molecule has 2 aliphatic heterocycles. The summed E-state index contributed by atoms with van der Waals surface area (Å²) < 4.78 is 29.8. The fourth-order valence-corrected chi connectivity index (χ4v) is 6.33. The average Bonchev–Trinajstić information content (AvgIpc) is 3.18. The second-order valence-electron chi connectivity index (χ2n) is 8.75. The minimum absolute atomic E-state index is 0.0869. The molecule has 2 aliphatic rings. The van der Waals surface area contributed by atoms with Crippen molar-refractivity contribution in [2.45, 2.75) is 31.1 Å². The zero-order valence-electron chi connectivity index (χ0n) is 19.6. The quantitative estimate of drug-likeness (QED) is 0.433. The van der Waals surface area contributed by atoms with Crippen LogP contribution in [0.2, 0.25) is 0 Å². The lowest BCUT2D eigenvalue weighted by molar-refractivity contribution is -0.121. The van der Waals surface area contributed by atoms with Gasteiger partial charge in [-0.3, -0.25) is 9.69 Å². The lowest BCUT2D eigenvalue weighted by Crippen LogP contribution is -2.29. The van der Waals surface area contributed by atoms with Crippen LogP contribution >= 0.6 is 11.8 Å². The van der Waals surface area contributed by atoms with Crippen molar-refractivity contribution in [2.24, 2.45) is 4.40 Å². The number of para-hydroxylation sites is 1. The van der Waals surface area contributed by atoms with Crippen LogP contribution in [0.25, 0.3) is 0 Å². The normalized spacial score (nSPS) is 21.1. The number of allylic oxidation sites excluding steroid dienone is 3. The molecule has 2 aromatic carbocycles. The largest absolute Gasteiger partial charge is 0.347 e. The molecule has 0 atom stereocenters. The van der Waals surface area contributed by atoms with Crippen LogP contribution in [0, 0.1) is 6.92 Å². The maximum Gasteiger partial charge on any atom is 0.284 e. The summed E-state index contributed by atoms with van der Waals surface area (Å²) in [4.78, 5) is 17.1. The van der Waals surface area contributed by atoms with Gasteiger partial charge in [0, 0.05) is 30.4 Å². The van der Waals surface area contributed by atoms with E-state index in [4.69, 9.17) is 0 Å². The highest BCUT2D eigenvalue weighted by Crippen LogP contribution is 2.46. The number of sulfonamides is 1. The summed E-state index contributed by atoms with van der Waals surface area (Å²) >= 11 is 1.06. The highest BCUT2D eigenvalue weighted by Gasteiger charge is 2.38. The van der Waals surface area contributed by atoms with Gasteiger partial charge in [0.1, 0.15) is 0 Å². The molecule has 0 aromatic heterocycles. The zero-order chi connectivity index (χ0) is 24.7. The van der Waals surface area contributed by atoms with Gasteiger partial charge in [-0.1, -0.05) is 55.8 Å². The number of nitrogens with zero attached hydrogens (tertiary/aromatic N) is 3. The van der Waals surface area contributed by atoms with Gasteiger partial charge in [-0.25, -0.2) is 0 Å². The molecule has 0 N–H and O–H groups in total. The van der Waals surface area contributed by atoms with E-state index < -0.39 is 10.0 Å². The number of carbonyl (C=O) groups excluding carboxylic acids is 1. The van der Waals surface area contributed by atoms with Crippen LogP contribution in [0.3, 0.4) is 0 Å². The number of aryl methyl sites for hydroxylation is 1. The second-order valence-corrected chi connectivity index (χ2v) is 11.4. The van der Waals surface area contributed by atoms with Crippen molar-refractivity contribution in [3.8, 4) is 0 Å². The molecule has 4 rings (SSSR count). The summed E-state index contributed by atoms with van der Waals surface area (Å²) in [5.74, 6) is -0.296. The topological polar surface area (TPSA) is 70.1 Å². The number of carbonyl (C=O) groups is 1. The van der Waals surface area contributed by atoms with Gasteiger partial charge in [0.2, 0.25) is 0 Å². The maximum absolute atomic E-state index is 13.1. The first-order valence-electron chi connectivity index (χ1n) is 10.8. The van der Waals surface area contributed by atoms with Crippen LogP contribution < -0.4 is 4.90 Å². The van der Waals surface area contributed by atoms with Crippen molar-refractivity contribution < 1.29 is 13.2 Å². The Balaban J connectivity index is 1.70. The molecule has 1 fully saturated rings. The third-order valence-electron chi connectivity index (χ3n) is 6.05. The molecule has 0 unspecified atom stereocenters. The summed E-state index contributed by atoms with van der Waals surface area (Å²) in [6.45, 7) is 10.0. The first kappa shape index (κ1) is 24.0. The molecular weight excluding hydrogens is 466 g/mol. The van der Waals surface area contributed by atoms with Gasteiger partial charge in [0.15, 0.2) is 5.17 Å². The Hall–Kier alpha value is -3.10. The third-order valence-corrected chi connectivity index (χ3v) is 8.47. The fourth-order valence-electron chi connectivity index (χ4n) is 4.20. The number of likely N-dealkylation sites (N-methyl/N-ethyl adjacent to an activating group) is 1. The van der Waals surface area contributed by atoms with E-state index in [-0.39, 0.29) is 27.9 Å². The molecule has 176 valence electrons. The van der Waals surface area contributed by atoms with Crippen molar-refractivity contribution in [3.63, 3.8) is 0 Å². The molecule has 0 saturated carbocycles. The molecule has 34 heavy (non-hydrogen) atoms. The number of anilines is 1. The van der Waals surface area contributed by atoms with Crippen molar-refractivity contribution in [1.82, 2.24) is 4.90 Å². The summed E-state index contributed by atoms with van der Waals surface area (Å²) in [5, 5.41) is 0.123. The van der Waals surface area contributed by atoms with Crippen LogP contribution in [0.15, 0.2) is 93.2 Å². The molecule has 8 heteroatoms. The Kier molecular flexibility index (Phi) is 6.31. The first-order valence-corrected chi connectivity index (χ1v) is 13.1. The highest BCUT2D eigenvalue weighted by atomic mass is 32.2. The summed E-state index contributed by atoms with van der Waals surface area (Å²) in [6.07, 6.45) is 5.24. The lowest BCUT2D eigenvalue weighted by Gasteiger charge is -2.23. The van der Waals surface area contributed by atoms with Crippen molar-refractivity contribution >= 4 is 38.5 Å². The van der Waals surface area contributed by atoms with Crippen LogP contribution in [-0.2, 0) is 20.2 Å². The number of thioether (sulfide) groups is 1. The Bertz CT molecular complexity index is 1350. The number of hydrogen-bond donors (Lipinski definition) is 0. The van der Waals surface area contributed by atoms with E-state index in [1.165, 1.54) is 22.6 Å². The Morgan fingerprint density at radius 3 is 2.41 bits per heavy atom. The SMILES string of the molecule is C=CCN1C(=O)/C(=C/C=C2/N(C)c3ccccc3C2(C)C)SC1=NS(=O)(=O)c1ccc(C)cc1. The molecule has 2 heterocycles. The Morgan fingerprint density at radius 2 is 1.76 bits per heavy atom. The minimum atomic E-state index is -3.96. The van der Waals surface area contributed by atoms with E-state index in [0.29, 0.717) is 4.91 Å². The molecule has 0 radical (unpaired) electrons. The predicted octanol–water partition coefficient (Wildman–Crippen LogP) is 5.00. The van der Waals surface area contributed by atoms with Gasteiger partial charge < -0.3 is 4.90 Å². The first-order chi connectivity index (χ1) is 16.1. The fraction of sp³-hybridized carbons (Fsp3) is 0.231. The van der Waals surface area contributed by atoms with Crippen molar-refractivity contribution in [1.29, 1.82) is 0 Å². The number of fused-ring (bicyclic) bond motifs is 1. The lowest BCUT2D eigenvalue weighted by atomic mass is 9.84. The van der Waals surface area contributed by atoms with E-state index in [0.717, 1.165) is 28.7 Å². The van der Waals surface area contributed by atoms with E-state index in [9.17, 15) is 13.2 Å². The molecular formula is C26H27N3O3S2. The number of hydrogen-bond acceptors (Lipinski definition) is 5. The van der Waals surface area contributed by atoms with Crippen molar-refractivity contribution in [2.75, 3.05) is 18.5 Å². The van der Waals surface area contributed by atoms with Gasteiger partial charge in [-0.15, -0.1) is 11.0 Å². The van der Waals surface area contributed by atoms with Crippen LogP contribution in [0.5, 0.6) is 0 Å². The molecule has 0 bridgehead atoms. The second kappa shape index (κ2) is 8.92. The van der Waals surface area contributed by atoms with Crippen LogP contribution in [0.1, 0.15) is 25.0 Å². The Labute approximate surface area is 205 Å². The van der Waals surface area contributed by atoms with Crippen molar-refractivity contribution in [3.05, 3.63) is 95.1 Å². The van der Waals surface area contributed by atoms with Crippen LogP contribution in [-0.4, -0.2) is 38.0 Å². The maximum atomic E-state index is 13.1. The number of benzene rings is 2. The van der Waals surface area contributed by atoms with E-state index in [2.05, 4.69) is 41.9 Å². The minimum Gasteiger partial charge on any atom is -0.347 e. The van der Waals surface area contributed by atoms with E-state index in [1.807, 2.05) is 32.2 Å². The van der Waals surface area contributed by atoms with Gasteiger partial charge in [0.05, 0.1) is 9.80 Å². The smallest absolute Gasteiger partial charge is 0.284 e. The number of rotatable bonds is 5. The molecule has 1 saturated heterocycles. The monoisotopic (exact) mass is 493 g/mol. The number of amides is 1. The van der Waals surface area contributed by atoms with E-state index in [1.54, 1.807) is 24.3 Å². The molecule has 0 aliphatic carbocycles. The predicted molar refractivity (Wildman–Crippen MR) is 139 cm³/mol. The molecule has 0 spiro atoms. The zero-order valence-corrected chi connectivity index (χ0v) is 21.3. The van der Waals surface area contributed by atoms with Crippen LogP contribution in [0.4, 0.5) is 5.69 Å². The van der Waals surface area contributed by atoms with Gasteiger partial charge in [0.25, 0.3) is 15.9 Å². The molecule has 6 nitrogen and oxygen atoms in total. The van der Waals surface area contributed by atoms with Gasteiger partial charge >= 0.3 is 0 Å². The average molecular weight is 494 g/mol. The highest BCUT2D eigenvalue weighted by molar-refractivity contribution is 8.19. The molecule has 1 amide bonds. The standard InChI is InChI=1S/C26H27N3O3S2/c1-6-17-29-24(30)22(33-25(29)27-34(31,32)19-13-11-18(2)12-14-19)15-16-23-26(3,4)20-9-7-8-10-21(20)28(23)5/h6-16H,1,17H2,2-5H3/b22-15-,23-16+,27-25?. The van der Waals surface area contributed by atoms with E-state index >= 15 is 0 Å². The summed E-state index contributed by atoms with van der Waals surface area (Å²) in [5.41, 5.74) is 4.10. The summed E-state index contributed by atoms with van der Waals surface area (Å²) in [7, 11) is -1.96.